The first kappa shape index (κ1) is 18.5. The summed E-state index contributed by atoms with van der Waals surface area (Å²) in [5, 5.41) is 0.106. The van der Waals surface area contributed by atoms with Crippen molar-refractivity contribution >= 4 is 24.0 Å². The molecule has 0 unspecified atom stereocenters. The average Bonchev–Trinajstić information content (AvgIpc) is 2.30. The standard InChI is InChI=1S/C16H23ClFNO.ClH/c1-15(2)9-12(10-16(3,4)19(15)5)20-11-6-7-14(18)13(17)8-11;/h6-8,12H,9-10H2,1-5H3;1H. The van der Waals surface area contributed by atoms with Gasteiger partial charge in [-0.1, -0.05) is 11.6 Å². The average molecular weight is 336 g/mol. The highest BCUT2D eigenvalue weighted by Crippen LogP contribution is 2.38. The Balaban J connectivity index is 0.00000220. The van der Waals surface area contributed by atoms with Crippen molar-refractivity contribution < 1.29 is 9.13 Å². The van der Waals surface area contributed by atoms with Crippen LogP contribution in [0.1, 0.15) is 40.5 Å². The van der Waals surface area contributed by atoms with Crippen LogP contribution in [0.25, 0.3) is 0 Å². The van der Waals surface area contributed by atoms with Crippen LogP contribution in [0.3, 0.4) is 0 Å². The molecule has 1 aliphatic heterocycles. The molecule has 0 aliphatic carbocycles. The number of hydrogen-bond donors (Lipinski definition) is 0. The van der Waals surface area contributed by atoms with Gasteiger partial charge in [-0.2, -0.15) is 0 Å². The van der Waals surface area contributed by atoms with Gasteiger partial charge in [0, 0.05) is 30.0 Å². The van der Waals surface area contributed by atoms with Crippen LogP contribution in [0.5, 0.6) is 5.75 Å². The minimum Gasteiger partial charge on any atom is -0.490 e. The number of likely N-dealkylation sites (tertiary alicyclic amines) is 1. The lowest BCUT2D eigenvalue weighted by atomic mass is 9.79. The van der Waals surface area contributed by atoms with Gasteiger partial charge < -0.3 is 4.74 Å². The fraction of sp³-hybridized carbons (Fsp3) is 0.625. The lowest BCUT2D eigenvalue weighted by molar-refractivity contribution is -0.0556. The zero-order chi connectivity index (χ0) is 15.1. The van der Waals surface area contributed by atoms with Crippen LogP contribution in [0, 0.1) is 5.82 Å². The molecule has 1 saturated heterocycles. The first-order chi connectivity index (χ1) is 9.12. The maximum Gasteiger partial charge on any atom is 0.142 e. The van der Waals surface area contributed by atoms with Crippen LogP contribution in [-0.2, 0) is 0 Å². The van der Waals surface area contributed by atoms with Crippen molar-refractivity contribution in [3.63, 3.8) is 0 Å². The number of ether oxygens (including phenoxy) is 1. The molecule has 0 amide bonds. The maximum atomic E-state index is 13.2. The molecule has 0 spiro atoms. The molecular weight excluding hydrogens is 312 g/mol. The Morgan fingerprint density at radius 3 is 2.19 bits per heavy atom. The molecular formula is C16H24Cl2FNO. The Kier molecular flexibility index (Phi) is 5.57. The van der Waals surface area contributed by atoms with Crippen molar-refractivity contribution in [3.05, 3.63) is 29.0 Å². The number of hydrogen-bond acceptors (Lipinski definition) is 2. The van der Waals surface area contributed by atoms with E-state index in [1.807, 2.05) is 0 Å². The highest BCUT2D eigenvalue weighted by Gasteiger charge is 2.43. The predicted octanol–water partition coefficient (Wildman–Crippen LogP) is 4.93. The molecule has 2 nitrogen and oxygen atoms in total. The molecule has 1 fully saturated rings. The van der Waals surface area contributed by atoms with Gasteiger partial charge in [0.05, 0.1) is 5.02 Å². The minimum absolute atomic E-state index is 0. The molecule has 1 aliphatic rings. The van der Waals surface area contributed by atoms with Crippen LogP contribution in [-0.4, -0.2) is 29.1 Å². The van der Waals surface area contributed by atoms with Gasteiger partial charge in [-0.05, 0) is 46.9 Å². The van der Waals surface area contributed by atoms with Gasteiger partial charge in [0.15, 0.2) is 0 Å². The van der Waals surface area contributed by atoms with Crippen LogP contribution < -0.4 is 4.74 Å². The lowest BCUT2D eigenvalue weighted by Gasteiger charge is -2.53. The van der Waals surface area contributed by atoms with E-state index < -0.39 is 5.82 Å². The largest absolute Gasteiger partial charge is 0.490 e. The van der Waals surface area contributed by atoms with Crippen LogP contribution in [0.4, 0.5) is 4.39 Å². The van der Waals surface area contributed by atoms with Crippen molar-refractivity contribution in [2.24, 2.45) is 0 Å². The lowest BCUT2D eigenvalue weighted by Crippen LogP contribution is -2.60. The zero-order valence-electron chi connectivity index (χ0n) is 13.2. The van der Waals surface area contributed by atoms with Crippen molar-refractivity contribution in [1.82, 2.24) is 4.90 Å². The van der Waals surface area contributed by atoms with Crippen molar-refractivity contribution in [3.8, 4) is 5.75 Å². The molecule has 2 rings (SSSR count). The highest BCUT2D eigenvalue weighted by molar-refractivity contribution is 6.30. The van der Waals surface area contributed by atoms with E-state index in [0.29, 0.717) is 5.75 Å². The third kappa shape index (κ3) is 4.02. The fourth-order valence-corrected chi connectivity index (χ4v) is 3.28. The Morgan fingerprint density at radius 2 is 1.71 bits per heavy atom. The summed E-state index contributed by atoms with van der Waals surface area (Å²) in [4.78, 5) is 2.40. The summed E-state index contributed by atoms with van der Waals surface area (Å²) in [5.74, 6) is 0.223. The summed E-state index contributed by atoms with van der Waals surface area (Å²) in [6.45, 7) is 8.90. The normalized spacial score (nSPS) is 21.7. The second kappa shape index (κ2) is 6.31. The molecule has 120 valence electrons. The second-order valence-corrected chi connectivity index (χ2v) is 7.32. The maximum absolute atomic E-state index is 13.2. The van der Waals surface area contributed by atoms with E-state index in [1.165, 1.54) is 6.07 Å². The molecule has 5 heteroatoms. The van der Waals surface area contributed by atoms with Gasteiger partial charge in [0.25, 0.3) is 0 Å². The summed E-state index contributed by atoms with van der Waals surface area (Å²) in [6.07, 6.45) is 1.97. The van der Waals surface area contributed by atoms with E-state index in [4.69, 9.17) is 16.3 Å². The summed E-state index contributed by atoms with van der Waals surface area (Å²) >= 11 is 5.80. The zero-order valence-corrected chi connectivity index (χ0v) is 14.8. The molecule has 21 heavy (non-hydrogen) atoms. The second-order valence-electron chi connectivity index (χ2n) is 6.91. The number of halogens is 3. The van der Waals surface area contributed by atoms with E-state index in [1.54, 1.807) is 12.1 Å². The SMILES string of the molecule is CN1C(C)(C)CC(Oc2ccc(F)c(Cl)c2)CC1(C)C.Cl. The molecule has 0 atom stereocenters. The van der Waals surface area contributed by atoms with E-state index >= 15 is 0 Å². The molecule has 1 heterocycles. The topological polar surface area (TPSA) is 12.5 Å². The predicted molar refractivity (Wildman–Crippen MR) is 88.2 cm³/mol. The summed E-state index contributed by atoms with van der Waals surface area (Å²) < 4.78 is 19.2. The molecule has 1 aromatic rings. The van der Waals surface area contributed by atoms with Crippen LogP contribution >= 0.6 is 24.0 Å². The number of nitrogens with zero attached hydrogens (tertiary/aromatic N) is 1. The van der Waals surface area contributed by atoms with Crippen molar-refractivity contribution in [1.29, 1.82) is 0 Å². The third-order valence-corrected chi connectivity index (χ3v) is 4.75. The van der Waals surface area contributed by atoms with Gasteiger partial charge in [0.2, 0.25) is 0 Å². The van der Waals surface area contributed by atoms with Crippen molar-refractivity contribution in [2.75, 3.05) is 7.05 Å². The van der Waals surface area contributed by atoms with Gasteiger partial charge in [0.1, 0.15) is 17.7 Å². The van der Waals surface area contributed by atoms with Crippen molar-refractivity contribution in [2.45, 2.75) is 57.7 Å². The molecule has 0 saturated carbocycles. The first-order valence-electron chi connectivity index (χ1n) is 6.97. The minimum atomic E-state index is -0.414. The van der Waals surface area contributed by atoms with Crippen LogP contribution in [0.15, 0.2) is 18.2 Å². The van der Waals surface area contributed by atoms with E-state index in [-0.39, 0.29) is 34.6 Å². The van der Waals surface area contributed by atoms with Crippen LogP contribution in [0.2, 0.25) is 5.02 Å². The molecule has 0 N–H and O–H groups in total. The Bertz CT molecular complexity index is 487. The smallest absolute Gasteiger partial charge is 0.142 e. The molecule has 0 aromatic heterocycles. The van der Waals surface area contributed by atoms with Gasteiger partial charge in [-0.25, -0.2) is 4.39 Å². The Hall–Kier alpha value is -0.510. The molecule has 0 bridgehead atoms. The number of benzene rings is 1. The highest BCUT2D eigenvalue weighted by atomic mass is 35.5. The van der Waals surface area contributed by atoms with Gasteiger partial charge in [-0.15, -0.1) is 12.4 Å². The van der Waals surface area contributed by atoms with E-state index in [0.717, 1.165) is 12.8 Å². The number of piperidine rings is 1. The fourth-order valence-electron chi connectivity index (χ4n) is 3.11. The molecule has 0 radical (unpaired) electrons. The Morgan fingerprint density at radius 1 is 1.19 bits per heavy atom. The molecule has 1 aromatic carbocycles. The van der Waals surface area contributed by atoms with Gasteiger partial charge >= 0.3 is 0 Å². The third-order valence-electron chi connectivity index (χ3n) is 4.46. The van der Waals surface area contributed by atoms with E-state index in [2.05, 4.69) is 39.6 Å². The summed E-state index contributed by atoms with van der Waals surface area (Å²) in [6, 6.07) is 4.54. The quantitative estimate of drug-likeness (QED) is 0.759. The first-order valence-corrected chi connectivity index (χ1v) is 7.35. The van der Waals surface area contributed by atoms with Gasteiger partial charge in [-0.3, -0.25) is 4.90 Å². The van der Waals surface area contributed by atoms with E-state index in [9.17, 15) is 4.39 Å². The summed E-state index contributed by atoms with van der Waals surface area (Å²) in [7, 11) is 2.16. The number of rotatable bonds is 2. The summed E-state index contributed by atoms with van der Waals surface area (Å²) in [5.41, 5.74) is 0.131. The monoisotopic (exact) mass is 335 g/mol. The Labute approximate surface area is 138 Å².